The lowest BCUT2D eigenvalue weighted by atomic mass is 9.64. The molecule has 0 unspecified atom stereocenters. The van der Waals surface area contributed by atoms with Gasteiger partial charge in [-0.05, 0) is 99.7 Å². The molecule has 0 aromatic heterocycles. The van der Waals surface area contributed by atoms with E-state index in [4.69, 9.17) is 0 Å². The second-order valence-electron chi connectivity index (χ2n) is 9.33. The van der Waals surface area contributed by atoms with E-state index in [-0.39, 0.29) is 0 Å². The smallest absolute Gasteiger partial charge is 0.0210 e. The fourth-order valence-corrected chi connectivity index (χ4v) is 6.23. The van der Waals surface area contributed by atoms with Gasteiger partial charge in [0.25, 0.3) is 0 Å². The summed E-state index contributed by atoms with van der Waals surface area (Å²) in [6.07, 6.45) is 23.8. The molecule has 0 saturated heterocycles. The molecule has 2 radical (unpaired) electrons. The van der Waals surface area contributed by atoms with Crippen LogP contribution in [0.2, 0.25) is 0 Å². The summed E-state index contributed by atoms with van der Waals surface area (Å²) in [4.78, 5) is 0. The van der Waals surface area contributed by atoms with E-state index < -0.39 is 0 Å². The first-order valence-corrected chi connectivity index (χ1v) is 11.5. The van der Waals surface area contributed by atoms with Crippen molar-refractivity contribution in [3.05, 3.63) is 11.8 Å². The van der Waals surface area contributed by atoms with Crippen molar-refractivity contribution in [1.29, 1.82) is 0 Å². The van der Waals surface area contributed by atoms with Gasteiger partial charge in [-0.1, -0.05) is 52.4 Å². The largest absolute Gasteiger partial charge is 0.0654 e. The highest BCUT2D eigenvalue weighted by atomic mass is 14.4. The molecule has 0 heteroatoms. The average Bonchev–Trinajstić information content (AvgIpc) is 2.64. The van der Waals surface area contributed by atoms with Crippen LogP contribution in [0.3, 0.4) is 0 Å². The number of rotatable bonds is 6. The van der Waals surface area contributed by atoms with Gasteiger partial charge in [0.05, 0.1) is 0 Å². The Morgan fingerprint density at radius 2 is 0.958 bits per heavy atom. The molecule has 0 aromatic rings. The van der Waals surface area contributed by atoms with Crippen molar-refractivity contribution in [3.8, 4) is 0 Å². The molecule has 3 rings (SSSR count). The highest BCUT2D eigenvalue weighted by Crippen LogP contribution is 2.48. The molecule has 0 aromatic carbocycles. The van der Waals surface area contributed by atoms with Crippen LogP contribution >= 0.6 is 0 Å². The Kier molecular flexibility index (Phi) is 7.54. The third-order valence-corrected chi connectivity index (χ3v) is 7.77. The van der Waals surface area contributed by atoms with Crippen molar-refractivity contribution in [2.75, 3.05) is 0 Å². The molecule has 0 N–H and O–H groups in total. The van der Waals surface area contributed by atoms with Crippen LogP contribution in [0.25, 0.3) is 0 Å². The zero-order valence-corrected chi connectivity index (χ0v) is 16.6. The van der Waals surface area contributed by atoms with Gasteiger partial charge in [0, 0.05) is 0 Å². The average molecular weight is 331 g/mol. The normalized spacial score (nSPS) is 32.2. The van der Waals surface area contributed by atoms with Crippen molar-refractivity contribution in [2.24, 2.45) is 23.7 Å². The van der Waals surface area contributed by atoms with Gasteiger partial charge in [-0.15, -0.1) is 0 Å². The molecule has 0 nitrogen and oxygen atoms in total. The molecule has 138 valence electrons. The van der Waals surface area contributed by atoms with Crippen molar-refractivity contribution in [3.63, 3.8) is 0 Å². The van der Waals surface area contributed by atoms with Crippen LogP contribution in [-0.2, 0) is 0 Å². The summed E-state index contributed by atoms with van der Waals surface area (Å²) in [7, 11) is 0. The Balaban J connectivity index is 1.36. The molecule has 0 amide bonds. The zero-order valence-electron chi connectivity index (χ0n) is 16.6. The summed E-state index contributed by atoms with van der Waals surface area (Å²) >= 11 is 0. The van der Waals surface area contributed by atoms with Crippen LogP contribution in [0.15, 0.2) is 0 Å². The molecule has 0 atom stereocenters. The maximum Gasteiger partial charge on any atom is -0.0210 e. The second kappa shape index (κ2) is 9.63. The van der Waals surface area contributed by atoms with E-state index in [1.54, 1.807) is 0 Å². The summed E-state index contributed by atoms with van der Waals surface area (Å²) in [6, 6.07) is 0. The van der Waals surface area contributed by atoms with E-state index in [9.17, 15) is 0 Å². The van der Waals surface area contributed by atoms with Crippen molar-refractivity contribution in [1.82, 2.24) is 0 Å². The van der Waals surface area contributed by atoms with Gasteiger partial charge >= 0.3 is 0 Å². The molecule has 3 aliphatic rings. The minimum Gasteiger partial charge on any atom is -0.0654 e. The van der Waals surface area contributed by atoms with Gasteiger partial charge in [0.1, 0.15) is 0 Å². The molecule has 3 aliphatic carbocycles. The van der Waals surface area contributed by atoms with Crippen LogP contribution in [0.5, 0.6) is 0 Å². The van der Waals surface area contributed by atoms with E-state index in [2.05, 4.69) is 13.8 Å². The minimum absolute atomic E-state index is 1.01. The third-order valence-electron chi connectivity index (χ3n) is 7.77. The van der Waals surface area contributed by atoms with Crippen LogP contribution in [0.4, 0.5) is 0 Å². The van der Waals surface area contributed by atoms with E-state index in [0.29, 0.717) is 0 Å². The Bertz CT molecular complexity index is 288. The quantitative estimate of drug-likeness (QED) is 0.464. The summed E-state index contributed by atoms with van der Waals surface area (Å²) in [5.41, 5.74) is 0. The summed E-state index contributed by atoms with van der Waals surface area (Å²) in [5, 5.41) is 0. The molecular weight excluding hydrogens is 288 g/mol. The zero-order chi connectivity index (χ0) is 16.8. The fraction of sp³-hybridized carbons (Fsp3) is 0.917. The highest BCUT2D eigenvalue weighted by Gasteiger charge is 2.34. The summed E-state index contributed by atoms with van der Waals surface area (Å²) in [5.74, 6) is 8.12. The van der Waals surface area contributed by atoms with Gasteiger partial charge in [0.2, 0.25) is 0 Å². The molecule has 3 fully saturated rings. The molecule has 0 heterocycles. The van der Waals surface area contributed by atoms with E-state index in [1.165, 1.54) is 103 Å². The molecule has 0 aliphatic heterocycles. The number of hydrogen-bond acceptors (Lipinski definition) is 0. The van der Waals surface area contributed by atoms with Crippen LogP contribution in [-0.4, -0.2) is 0 Å². The van der Waals surface area contributed by atoms with Crippen molar-refractivity contribution >= 4 is 0 Å². The first-order chi connectivity index (χ1) is 11.8. The predicted molar refractivity (Wildman–Crippen MR) is 106 cm³/mol. The second-order valence-corrected chi connectivity index (χ2v) is 9.33. The maximum absolute atomic E-state index is 2.36. The van der Waals surface area contributed by atoms with Gasteiger partial charge in [-0.25, -0.2) is 0 Å². The predicted octanol–water partition coefficient (Wildman–Crippen LogP) is 7.92. The van der Waals surface area contributed by atoms with Crippen LogP contribution < -0.4 is 0 Å². The lowest BCUT2D eigenvalue weighted by Gasteiger charge is -2.41. The fourth-order valence-electron chi connectivity index (χ4n) is 6.23. The first kappa shape index (κ1) is 18.8. The Hall–Kier alpha value is 0. The van der Waals surface area contributed by atoms with Crippen molar-refractivity contribution < 1.29 is 0 Å². The molecule has 24 heavy (non-hydrogen) atoms. The molecular formula is C24H42. The third kappa shape index (κ3) is 5.01. The van der Waals surface area contributed by atoms with Gasteiger partial charge < -0.3 is 0 Å². The van der Waals surface area contributed by atoms with Gasteiger partial charge in [0.15, 0.2) is 0 Å². The minimum atomic E-state index is 1.01. The Labute approximate surface area is 152 Å². The summed E-state index contributed by atoms with van der Waals surface area (Å²) in [6.45, 7) is 4.71. The monoisotopic (exact) mass is 330 g/mol. The van der Waals surface area contributed by atoms with E-state index in [1.807, 2.05) is 11.8 Å². The standard InChI is InChI=1S/C24H42/c1-3-5-19-7-11-21(12-8-19)23-15-17-24(18-16-23)22-13-9-20(6-4-2)10-14-22/h19-21,24H,3-18H2,1-2H3. The Morgan fingerprint density at radius 3 is 1.46 bits per heavy atom. The van der Waals surface area contributed by atoms with Crippen LogP contribution in [0.1, 0.15) is 117 Å². The topological polar surface area (TPSA) is 0 Å². The maximum atomic E-state index is 2.36. The van der Waals surface area contributed by atoms with E-state index >= 15 is 0 Å². The lowest BCUT2D eigenvalue weighted by Crippen LogP contribution is -2.28. The van der Waals surface area contributed by atoms with Gasteiger partial charge in [-0.3, -0.25) is 0 Å². The SMILES string of the molecule is CCCC1CC[C](C2CC[C](C3CCC(CCC)CC3)CC2)CC1. The van der Waals surface area contributed by atoms with Crippen LogP contribution in [0, 0.1) is 35.5 Å². The molecule has 3 saturated carbocycles. The van der Waals surface area contributed by atoms with Gasteiger partial charge in [-0.2, -0.15) is 0 Å². The first-order valence-electron chi connectivity index (χ1n) is 11.5. The highest BCUT2D eigenvalue weighted by molar-refractivity contribution is 5.08. The molecule has 0 spiro atoms. The summed E-state index contributed by atoms with van der Waals surface area (Å²) < 4.78 is 0. The van der Waals surface area contributed by atoms with Crippen molar-refractivity contribution in [2.45, 2.75) is 117 Å². The van der Waals surface area contributed by atoms with E-state index in [0.717, 1.165) is 23.7 Å². The molecule has 0 bridgehead atoms. The number of hydrogen-bond donors (Lipinski definition) is 0. The lowest BCUT2D eigenvalue weighted by molar-refractivity contribution is 0.227. The Morgan fingerprint density at radius 1 is 0.542 bits per heavy atom.